The minimum Gasteiger partial charge on any atom is -0.323 e. The summed E-state index contributed by atoms with van der Waals surface area (Å²) in [6, 6.07) is 5.04. The maximum Gasteiger partial charge on any atom is 0.154 e. The maximum atomic E-state index is 13.0. The van der Waals surface area contributed by atoms with Crippen LogP contribution in [0.15, 0.2) is 24.3 Å². The molecular formula is C11H16FNO2S. The number of sulfone groups is 1. The molecule has 1 rings (SSSR count). The van der Waals surface area contributed by atoms with Crippen molar-refractivity contribution in [2.75, 3.05) is 5.75 Å². The summed E-state index contributed by atoms with van der Waals surface area (Å²) < 4.78 is 36.2. The summed E-state index contributed by atoms with van der Waals surface area (Å²) in [5.41, 5.74) is 6.33. The molecule has 16 heavy (non-hydrogen) atoms. The molecule has 0 radical (unpaired) electrons. The topological polar surface area (TPSA) is 60.2 Å². The van der Waals surface area contributed by atoms with Crippen molar-refractivity contribution in [1.82, 2.24) is 0 Å². The van der Waals surface area contributed by atoms with Crippen LogP contribution in [-0.4, -0.2) is 19.4 Å². The van der Waals surface area contributed by atoms with Crippen molar-refractivity contribution >= 4 is 9.84 Å². The second-order valence-electron chi connectivity index (χ2n) is 3.74. The fourth-order valence-electron chi connectivity index (χ4n) is 1.47. The Morgan fingerprint density at radius 2 is 2.06 bits per heavy atom. The summed E-state index contributed by atoms with van der Waals surface area (Å²) in [6.07, 6.45) is 0. The Kier molecular flexibility index (Phi) is 4.04. The third-order valence-corrected chi connectivity index (χ3v) is 4.94. The molecule has 0 unspecified atom stereocenters. The number of hydrogen-bond acceptors (Lipinski definition) is 3. The van der Waals surface area contributed by atoms with Crippen LogP contribution >= 0.6 is 0 Å². The summed E-state index contributed by atoms with van der Waals surface area (Å²) in [5.74, 6) is -0.369. The van der Waals surface area contributed by atoms with Gasteiger partial charge in [0.1, 0.15) is 5.82 Å². The van der Waals surface area contributed by atoms with Crippen LogP contribution in [-0.2, 0) is 9.84 Å². The van der Waals surface area contributed by atoms with Gasteiger partial charge in [-0.05, 0) is 24.6 Å². The van der Waals surface area contributed by atoms with Gasteiger partial charge in [-0.2, -0.15) is 0 Å². The Hall–Kier alpha value is -0.940. The van der Waals surface area contributed by atoms with Crippen molar-refractivity contribution in [1.29, 1.82) is 0 Å². The minimum absolute atomic E-state index is 0.0389. The molecule has 2 N–H and O–H groups in total. The Morgan fingerprint density at radius 1 is 1.44 bits per heavy atom. The summed E-state index contributed by atoms with van der Waals surface area (Å²) >= 11 is 0. The van der Waals surface area contributed by atoms with E-state index in [-0.39, 0.29) is 5.75 Å². The highest BCUT2D eigenvalue weighted by Gasteiger charge is 2.26. The highest BCUT2D eigenvalue weighted by molar-refractivity contribution is 7.92. The van der Waals surface area contributed by atoms with Gasteiger partial charge in [-0.3, -0.25) is 0 Å². The lowest BCUT2D eigenvalue weighted by molar-refractivity contribution is 0.563. The van der Waals surface area contributed by atoms with Crippen LogP contribution in [0.25, 0.3) is 0 Å². The van der Waals surface area contributed by atoms with Crippen molar-refractivity contribution in [3.63, 3.8) is 0 Å². The van der Waals surface area contributed by atoms with Crippen molar-refractivity contribution in [3.05, 3.63) is 35.6 Å². The molecule has 0 saturated heterocycles. The smallest absolute Gasteiger partial charge is 0.154 e. The van der Waals surface area contributed by atoms with Gasteiger partial charge in [0.05, 0.1) is 5.25 Å². The number of nitrogens with two attached hydrogens (primary N) is 1. The first-order valence-electron chi connectivity index (χ1n) is 5.11. The average molecular weight is 245 g/mol. The lowest BCUT2D eigenvalue weighted by Gasteiger charge is -2.19. The Bertz CT molecular complexity index is 459. The van der Waals surface area contributed by atoms with E-state index in [1.165, 1.54) is 18.2 Å². The Balaban J connectivity index is 2.99. The van der Waals surface area contributed by atoms with Crippen LogP contribution in [0.3, 0.4) is 0 Å². The molecule has 0 amide bonds. The number of halogens is 1. The molecule has 5 heteroatoms. The summed E-state index contributed by atoms with van der Waals surface area (Å²) in [6.45, 7) is 3.12. The van der Waals surface area contributed by atoms with E-state index < -0.39 is 26.9 Å². The molecule has 0 saturated carbocycles. The number of rotatable bonds is 4. The molecule has 0 fully saturated rings. The fraction of sp³-hybridized carbons (Fsp3) is 0.455. The minimum atomic E-state index is -3.21. The van der Waals surface area contributed by atoms with E-state index in [1.54, 1.807) is 19.9 Å². The molecule has 1 aromatic rings. The van der Waals surface area contributed by atoms with E-state index >= 15 is 0 Å². The predicted molar refractivity (Wildman–Crippen MR) is 62.3 cm³/mol. The number of benzene rings is 1. The first kappa shape index (κ1) is 13.1. The second kappa shape index (κ2) is 4.93. The second-order valence-corrected chi connectivity index (χ2v) is 6.38. The summed E-state index contributed by atoms with van der Waals surface area (Å²) in [4.78, 5) is 0. The van der Waals surface area contributed by atoms with Gasteiger partial charge in [-0.15, -0.1) is 0 Å². The van der Waals surface area contributed by atoms with Crippen LogP contribution in [0.4, 0.5) is 4.39 Å². The largest absolute Gasteiger partial charge is 0.323 e. The van der Waals surface area contributed by atoms with Crippen LogP contribution < -0.4 is 5.73 Å². The molecule has 3 nitrogen and oxygen atoms in total. The first-order chi connectivity index (χ1) is 7.38. The van der Waals surface area contributed by atoms with E-state index in [9.17, 15) is 12.8 Å². The van der Waals surface area contributed by atoms with Crippen LogP contribution in [0.5, 0.6) is 0 Å². The van der Waals surface area contributed by atoms with Gasteiger partial charge in [0.15, 0.2) is 9.84 Å². The molecule has 0 aliphatic heterocycles. The quantitative estimate of drug-likeness (QED) is 0.877. The fourth-order valence-corrected chi connectivity index (χ4v) is 2.60. The van der Waals surface area contributed by atoms with E-state index in [0.29, 0.717) is 5.56 Å². The molecule has 0 spiro atoms. The predicted octanol–water partition coefficient (Wildman–Crippen LogP) is 1.65. The summed E-state index contributed by atoms with van der Waals surface area (Å²) in [7, 11) is -3.21. The van der Waals surface area contributed by atoms with Crippen molar-refractivity contribution in [2.24, 2.45) is 5.73 Å². The van der Waals surface area contributed by atoms with Crippen LogP contribution in [0.2, 0.25) is 0 Å². The molecule has 0 heterocycles. The molecule has 0 aliphatic rings. The monoisotopic (exact) mass is 245 g/mol. The maximum absolute atomic E-state index is 13.0. The van der Waals surface area contributed by atoms with Gasteiger partial charge < -0.3 is 5.73 Å². The zero-order valence-electron chi connectivity index (χ0n) is 9.35. The molecule has 0 bridgehead atoms. The molecule has 0 aromatic heterocycles. The van der Waals surface area contributed by atoms with Crippen LogP contribution in [0, 0.1) is 5.82 Å². The zero-order chi connectivity index (χ0) is 12.3. The lowest BCUT2D eigenvalue weighted by Crippen LogP contribution is -2.32. The third-order valence-electron chi connectivity index (χ3n) is 2.71. The van der Waals surface area contributed by atoms with Gasteiger partial charge in [-0.1, -0.05) is 19.1 Å². The van der Waals surface area contributed by atoms with E-state index in [1.807, 2.05) is 0 Å². The highest BCUT2D eigenvalue weighted by atomic mass is 32.2. The van der Waals surface area contributed by atoms with Crippen molar-refractivity contribution in [2.45, 2.75) is 25.1 Å². The summed E-state index contributed by atoms with van der Waals surface area (Å²) in [5, 5.41) is -0.709. The lowest BCUT2D eigenvalue weighted by atomic mass is 10.1. The average Bonchev–Trinajstić information content (AvgIpc) is 2.27. The van der Waals surface area contributed by atoms with Gasteiger partial charge >= 0.3 is 0 Å². The molecule has 1 aromatic carbocycles. The Morgan fingerprint density at radius 3 is 2.56 bits per heavy atom. The van der Waals surface area contributed by atoms with Gasteiger partial charge in [0.25, 0.3) is 0 Å². The molecular weight excluding hydrogens is 229 g/mol. The van der Waals surface area contributed by atoms with Crippen molar-refractivity contribution < 1.29 is 12.8 Å². The van der Waals surface area contributed by atoms with E-state index in [2.05, 4.69) is 0 Å². The highest BCUT2D eigenvalue weighted by Crippen LogP contribution is 2.20. The first-order valence-corrected chi connectivity index (χ1v) is 6.82. The molecule has 2 atom stereocenters. The molecule has 90 valence electrons. The van der Waals surface area contributed by atoms with Gasteiger partial charge in [0, 0.05) is 11.8 Å². The van der Waals surface area contributed by atoms with Crippen molar-refractivity contribution in [3.8, 4) is 0 Å². The van der Waals surface area contributed by atoms with E-state index in [4.69, 9.17) is 5.73 Å². The normalized spacial score (nSPS) is 15.8. The Labute approximate surface area is 95.4 Å². The molecule has 0 aliphatic carbocycles. The standard InChI is InChI=1S/C11H16FNO2S/c1-3-16(14,15)8(2)11(13)9-5-4-6-10(12)7-9/h4-8,11H,3,13H2,1-2H3/t8-,11-/m0/s1. The van der Waals surface area contributed by atoms with Gasteiger partial charge in [0.2, 0.25) is 0 Å². The van der Waals surface area contributed by atoms with E-state index in [0.717, 1.165) is 0 Å². The van der Waals surface area contributed by atoms with Crippen LogP contribution in [0.1, 0.15) is 25.5 Å². The number of hydrogen-bond donors (Lipinski definition) is 1. The van der Waals surface area contributed by atoms with Gasteiger partial charge in [-0.25, -0.2) is 12.8 Å². The SMILES string of the molecule is CCS(=O)(=O)[C@@H](C)[C@H](N)c1cccc(F)c1. The zero-order valence-corrected chi connectivity index (χ0v) is 10.2. The third kappa shape index (κ3) is 2.80.